The van der Waals surface area contributed by atoms with Gasteiger partial charge in [0.15, 0.2) is 0 Å². The summed E-state index contributed by atoms with van der Waals surface area (Å²) in [5.74, 6) is -0.570. The van der Waals surface area contributed by atoms with Gasteiger partial charge in [-0.05, 0) is 41.5 Å². The average Bonchev–Trinajstić information content (AvgIpc) is 3.40. The molecule has 4 rings (SSSR count). The van der Waals surface area contributed by atoms with Crippen LogP contribution >= 0.6 is 0 Å². The molecular formula is C21H18FN5O. The van der Waals surface area contributed by atoms with Crippen molar-refractivity contribution in [2.24, 2.45) is 0 Å². The molecule has 0 radical (unpaired) electrons. The SMILES string of the molecule is O=C(NCc1ccc(Cn2cccn2)cc1)c1cn[nH]c1-c1ccc(F)cc1. The van der Waals surface area contributed by atoms with Crippen LogP contribution in [-0.4, -0.2) is 25.9 Å². The maximum atomic E-state index is 13.1. The normalized spacial score (nSPS) is 10.8. The quantitative estimate of drug-likeness (QED) is 0.542. The van der Waals surface area contributed by atoms with Gasteiger partial charge in [-0.2, -0.15) is 10.2 Å². The van der Waals surface area contributed by atoms with Crippen LogP contribution in [0.3, 0.4) is 0 Å². The highest BCUT2D eigenvalue weighted by Gasteiger charge is 2.15. The lowest BCUT2D eigenvalue weighted by Gasteiger charge is -2.08. The fourth-order valence-electron chi connectivity index (χ4n) is 2.92. The van der Waals surface area contributed by atoms with Crippen LogP contribution in [0.15, 0.2) is 73.2 Å². The molecule has 0 fully saturated rings. The van der Waals surface area contributed by atoms with Gasteiger partial charge in [-0.15, -0.1) is 0 Å². The summed E-state index contributed by atoms with van der Waals surface area (Å²) in [5.41, 5.74) is 3.80. The zero-order valence-corrected chi connectivity index (χ0v) is 15.0. The molecule has 0 spiro atoms. The summed E-state index contributed by atoms with van der Waals surface area (Å²) in [6, 6.07) is 15.8. The Morgan fingerprint density at radius 2 is 1.82 bits per heavy atom. The second-order valence-electron chi connectivity index (χ2n) is 6.37. The number of aromatic amines is 1. The van der Waals surface area contributed by atoms with Gasteiger partial charge in [0.2, 0.25) is 0 Å². The third-order valence-electron chi connectivity index (χ3n) is 4.40. The monoisotopic (exact) mass is 375 g/mol. The van der Waals surface area contributed by atoms with Crippen molar-refractivity contribution in [3.8, 4) is 11.3 Å². The number of hydrogen-bond donors (Lipinski definition) is 2. The molecule has 1 amide bonds. The summed E-state index contributed by atoms with van der Waals surface area (Å²) in [4.78, 5) is 12.6. The van der Waals surface area contributed by atoms with E-state index in [9.17, 15) is 9.18 Å². The van der Waals surface area contributed by atoms with Crippen LogP contribution in [0.5, 0.6) is 0 Å². The van der Waals surface area contributed by atoms with E-state index in [1.54, 1.807) is 18.3 Å². The zero-order valence-electron chi connectivity index (χ0n) is 15.0. The molecular weight excluding hydrogens is 357 g/mol. The second-order valence-corrected chi connectivity index (χ2v) is 6.37. The molecule has 140 valence electrons. The molecule has 0 saturated carbocycles. The molecule has 2 aromatic heterocycles. The number of rotatable bonds is 6. The first-order valence-corrected chi connectivity index (χ1v) is 8.82. The van der Waals surface area contributed by atoms with E-state index in [4.69, 9.17) is 0 Å². The van der Waals surface area contributed by atoms with Crippen molar-refractivity contribution < 1.29 is 9.18 Å². The van der Waals surface area contributed by atoms with E-state index in [0.29, 0.717) is 29.9 Å². The summed E-state index contributed by atoms with van der Waals surface area (Å²) in [7, 11) is 0. The molecule has 4 aromatic rings. The maximum absolute atomic E-state index is 13.1. The molecule has 0 aliphatic rings. The van der Waals surface area contributed by atoms with Crippen LogP contribution < -0.4 is 5.32 Å². The third kappa shape index (κ3) is 3.98. The van der Waals surface area contributed by atoms with Gasteiger partial charge in [-0.3, -0.25) is 14.6 Å². The van der Waals surface area contributed by atoms with Crippen molar-refractivity contribution in [1.82, 2.24) is 25.3 Å². The number of H-pyrrole nitrogens is 1. The number of carbonyl (C=O) groups excluding carboxylic acids is 1. The molecule has 0 saturated heterocycles. The Bertz CT molecular complexity index is 1050. The lowest BCUT2D eigenvalue weighted by molar-refractivity contribution is 0.0951. The second kappa shape index (κ2) is 7.87. The fourth-order valence-corrected chi connectivity index (χ4v) is 2.92. The number of aromatic nitrogens is 4. The summed E-state index contributed by atoms with van der Waals surface area (Å²) >= 11 is 0. The van der Waals surface area contributed by atoms with Gasteiger partial charge in [-0.25, -0.2) is 4.39 Å². The van der Waals surface area contributed by atoms with E-state index in [0.717, 1.165) is 11.1 Å². The van der Waals surface area contributed by atoms with Crippen molar-refractivity contribution >= 4 is 5.91 Å². The topological polar surface area (TPSA) is 75.6 Å². The highest BCUT2D eigenvalue weighted by atomic mass is 19.1. The van der Waals surface area contributed by atoms with Crippen molar-refractivity contribution in [3.05, 3.63) is 95.7 Å². The van der Waals surface area contributed by atoms with E-state index in [1.165, 1.54) is 18.3 Å². The number of amides is 1. The first kappa shape index (κ1) is 17.7. The van der Waals surface area contributed by atoms with Crippen LogP contribution in [0.25, 0.3) is 11.3 Å². The zero-order chi connectivity index (χ0) is 19.3. The van der Waals surface area contributed by atoms with Crippen molar-refractivity contribution in [3.63, 3.8) is 0 Å². The van der Waals surface area contributed by atoms with Gasteiger partial charge < -0.3 is 5.32 Å². The minimum absolute atomic E-state index is 0.242. The smallest absolute Gasteiger partial charge is 0.255 e. The molecule has 6 nitrogen and oxygen atoms in total. The van der Waals surface area contributed by atoms with Gasteiger partial charge in [0.1, 0.15) is 5.82 Å². The van der Waals surface area contributed by atoms with Gasteiger partial charge >= 0.3 is 0 Å². The first-order chi connectivity index (χ1) is 13.7. The molecule has 7 heteroatoms. The van der Waals surface area contributed by atoms with Crippen LogP contribution in [0.4, 0.5) is 4.39 Å². The van der Waals surface area contributed by atoms with Crippen molar-refractivity contribution in [2.45, 2.75) is 13.1 Å². The number of carbonyl (C=O) groups is 1. The van der Waals surface area contributed by atoms with E-state index < -0.39 is 0 Å². The molecule has 2 heterocycles. The van der Waals surface area contributed by atoms with Crippen LogP contribution in [0.1, 0.15) is 21.5 Å². The Hall–Kier alpha value is -3.74. The number of halogens is 1. The van der Waals surface area contributed by atoms with E-state index in [-0.39, 0.29) is 11.7 Å². The van der Waals surface area contributed by atoms with E-state index in [1.807, 2.05) is 41.2 Å². The number of nitrogens with one attached hydrogen (secondary N) is 2. The molecule has 0 unspecified atom stereocenters. The molecule has 0 aliphatic carbocycles. The summed E-state index contributed by atoms with van der Waals surface area (Å²) in [6.45, 7) is 1.10. The van der Waals surface area contributed by atoms with Crippen molar-refractivity contribution in [2.75, 3.05) is 0 Å². The minimum atomic E-state index is -0.328. The maximum Gasteiger partial charge on any atom is 0.255 e. The van der Waals surface area contributed by atoms with Gasteiger partial charge in [0, 0.05) is 24.5 Å². The summed E-state index contributed by atoms with van der Waals surface area (Å²) in [6.07, 6.45) is 5.14. The van der Waals surface area contributed by atoms with Gasteiger partial charge in [0.05, 0.1) is 24.0 Å². The molecule has 0 bridgehead atoms. The van der Waals surface area contributed by atoms with Gasteiger partial charge in [-0.1, -0.05) is 24.3 Å². The standard InChI is InChI=1S/C21H18FN5O/c22-18-8-6-17(7-9-18)20-19(13-24-26-20)21(28)23-12-15-2-4-16(5-3-15)14-27-11-1-10-25-27/h1-11,13H,12,14H2,(H,23,28)(H,24,26). The molecule has 28 heavy (non-hydrogen) atoms. The predicted octanol–water partition coefficient (Wildman–Crippen LogP) is 3.39. The van der Waals surface area contributed by atoms with Gasteiger partial charge in [0.25, 0.3) is 5.91 Å². The molecule has 0 aliphatic heterocycles. The predicted molar refractivity (Wildman–Crippen MR) is 103 cm³/mol. The highest BCUT2D eigenvalue weighted by molar-refractivity contribution is 5.99. The van der Waals surface area contributed by atoms with Crippen LogP contribution in [0.2, 0.25) is 0 Å². The fraction of sp³-hybridized carbons (Fsp3) is 0.0952. The lowest BCUT2D eigenvalue weighted by atomic mass is 10.1. The Morgan fingerprint density at radius 3 is 2.54 bits per heavy atom. The number of benzene rings is 2. The Kier molecular flexibility index (Phi) is 4.97. The molecule has 2 aromatic carbocycles. The summed E-state index contributed by atoms with van der Waals surface area (Å²) in [5, 5.41) is 13.9. The highest BCUT2D eigenvalue weighted by Crippen LogP contribution is 2.21. The van der Waals surface area contributed by atoms with Crippen LogP contribution in [-0.2, 0) is 13.1 Å². The Balaban J connectivity index is 1.40. The number of hydrogen-bond acceptors (Lipinski definition) is 3. The van der Waals surface area contributed by atoms with Crippen molar-refractivity contribution in [1.29, 1.82) is 0 Å². The minimum Gasteiger partial charge on any atom is -0.348 e. The Labute approximate surface area is 161 Å². The van der Waals surface area contributed by atoms with E-state index in [2.05, 4.69) is 20.6 Å². The third-order valence-corrected chi connectivity index (χ3v) is 4.40. The average molecular weight is 375 g/mol. The lowest BCUT2D eigenvalue weighted by Crippen LogP contribution is -2.23. The first-order valence-electron chi connectivity index (χ1n) is 8.82. The number of nitrogens with zero attached hydrogens (tertiary/aromatic N) is 3. The van der Waals surface area contributed by atoms with E-state index >= 15 is 0 Å². The van der Waals surface area contributed by atoms with Crippen LogP contribution in [0, 0.1) is 5.82 Å². The molecule has 0 atom stereocenters. The summed E-state index contributed by atoms with van der Waals surface area (Å²) < 4.78 is 15.0. The Morgan fingerprint density at radius 1 is 1.07 bits per heavy atom. The largest absolute Gasteiger partial charge is 0.348 e. The molecule has 2 N–H and O–H groups in total.